The van der Waals surface area contributed by atoms with Gasteiger partial charge in [0.05, 0.1) is 0 Å². The second-order valence-electron chi connectivity index (χ2n) is 4.96. The van der Waals surface area contributed by atoms with Crippen molar-refractivity contribution in [1.82, 2.24) is 5.32 Å². The molecule has 2 nitrogen and oxygen atoms in total. The van der Waals surface area contributed by atoms with E-state index in [0.29, 0.717) is 5.41 Å². The maximum absolute atomic E-state index is 5.46. The minimum Gasteiger partial charge on any atom is -0.382 e. The first-order valence-corrected chi connectivity index (χ1v) is 6.16. The molecular weight excluding hydrogens is 174 g/mol. The SMILES string of the molecule is CCOCCC1(CNC2CC2)CCC1. The monoisotopic (exact) mass is 197 g/mol. The Hall–Kier alpha value is -0.0800. The van der Waals surface area contributed by atoms with Gasteiger partial charge in [0.1, 0.15) is 0 Å². The van der Waals surface area contributed by atoms with Gasteiger partial charge in [0, 0.05) is 25.8 Å². The normalized spacial score (nSPS) is 24.6. The molecule has 2 aliphatic rings. The van der Waals surface area contributed by atoms with Crippen LogP contribution in [-0.2, 0) is 4.74 Å². The number of nitrogens with one attached hydrogen (secondary N) is 1. The first kappa shape index (κ1) is 10.4. The van der Waals surface area contributed by atoms with Crippen molar-refractivity contribution in [1.29, 1.82) is 0 Å². The van der Waals surface area contributed by atoms with Crippen molar-refractivity contribution in [2.75, 3.05) is 19.8 Å². The zero-order valence-corrected chi connectivity index (χ0v) is 9.35. The third-order valence-corrected chi connectivity index (χ3v) is 3.74. The molecule has 0 aromatic heterocycles. The Morgan fingerprint density at radius 1 is 1.36 bits per heavy atom. The predicted octanol–water partition coefficient (Wildman–Crippen LogP) is 2.34. The number of hydrogen-bond donors (Lipinski definition) is 1. The van der Waals surface area contributed by atoms with Crippen molar-refractivity contribution < 1.29 is 4.74 Å². The van der Waals surface area contributed by atoms with E-state index in [1.54, 1.807) is 0 Å². The molecule has 2 fully saturated rings. The number of hydrogen-bond acceptors (Lipinski definition) is 2. The van der Waals surface area contributed by atoms with Gasteiger partial charge in [-0.1, -0.05) is 6.42 Å². The van der Waals surface area contributed by atoms with E-state index in [1.807, 2.05) is 0 Å². The summed E-state index contributed by atoms with van der Waals surface area (Å²) in [5.74, 6) is 0. The molecule has 0 aromatic carbocycles. The van der Waals surface area contributed by atoms with Gasteiger partial charge in [-0.15, -0.1) is 0 Å². The maximum Gasteiger partial charge on any atom is 0.0471 e. The van der Waals surface area contributed by atoms with Gasteiger partial charge in [0.25, 0.3) is 0 Å². The summed E-state index contributed by atoms with van der Waals surface area (Å²) in [7, 11) is 0. The van der Waals surface area contributed by atoms with Crippen molar-refractivity contribution in [2.24, 2.45) is 5.41 Å². The summed E-state index contributed by atoms with van der Waals surface area (Å²) in [4.78, 5) is 0. The van der Waals surface area contributed by atoms with E-state index in [9.17, 15) is 0 Å². The van der Waals surface area contributed by atoms with Crippen LogP contribution < -0.4 is 5.32 Å². The predicted molar refractivity (Wildman–Crippen MR) is 58.4 cm³/mol. The van der Waals surface area contributed by atoms with Crippen LogP contribution in [0.15, 0.2) is 0 Å². The molecule has 0 radical (unpaired) electrons. The Bertz CT molecular complexity index is 173. The molecule has 0 heterocycles. The summed E-state index contributed by atoms with van der Waals surface area (Å²) < 4.78 is 5.46. The van der Waals surface area contributed by atoms with Crippen LogP contribution in [0.3, 0.4) is 0 Å². The van der Waals surface area contributed by atoms with Crippen LogP contribution in [0.1, 0.15) is 45.4 Å². The van der Waals surface area contributed by atoms with Crippen LogP contribution in [0.5, 0.6) is 0 Å². The van der Waals surface area contributed by atoms with E-state index >= 15 is 0 Å². The molecule has 0 atom stereocenters. The minimum atomic E-state index is 0.609. The Labute approximate surface area is 87.4 Å². The second kappa shape index (κ2) is 4.63. The third kappa shape index (κ3) is 2.71. The third-order valence-electron chi connectivity index (χ3n) is 3.74. The van der Waals surface area contributed by atoms with Crippen LogP contribution in [0, 0.1) is 5.41 Å². The Balaban J connectivity index is 1.65. The molecule has 0 bridgehead atoms. The van der Waals surface area contributed by atoms with E-state index in [-0.39, 0.29) is 0 Å². The van der Waals surface area contributed by atoms with Crippen molar-refractivity contribution >= 4 is 0 Å². The standard InChI is InChI=1S/C12H23NO/c1-2-14-9-8-12(6-3-7-12)10-13-11-4-5-11/h11,13H,2-10H2,1H3. The lowest BCUT2D eigenvalue weighted by atomic mass is 9.67. The summed E-state index contributed by atoms with van der Waals surface area (Å²) in [6.45, 7) is 5.15. The summed E-state index contributed by atoms with van der Waals surface area (Å²) in [6.07, 6.45) is 8.34. The molecule has 2 rings (SSSR count). The lowest BCUT2D eigenvalue weighted by molar-refractivity contribution is 0.0538. The minimum absolute atomic E-state index is 0.609. The second-order valence-corrected chi connectivity index (χ2v) is 4.96. The average molecular weight is 197 g/mol. The van der Waals surface area contributed by atoms with E-state index in [1.165, 1.54) is 45.1 Å². The highest BCUT2D eigenvalue weighted by Crippen LogP contribution is 2.43. The van der Waals surface area contributed by atoms with Crippen molar-refractivity contribution in [3.63, 3.8) is 0 Å². The fraction of sp³-hybridized carbons (Fsp3) is 1.00. The van der Waals surface area contributed by atoms with Crippen LogP contribution in [-0.4, -0.2) is 25.8 Å². The summed E-state index contributed by atoms with van der Waals surface area (Å²) in [6, 6.07) is 0.861. The molecule has 1 N–H and O–H groups in total. The molecule has 2 saturated carbocycles. The van der Waals surface area contributed by atoms with Crippen LogP contribution in [0.25, 0.3) is 0 Å². The zero-order valence-electron chi connectivity index (χ0n) is 9.35. The van der Waals surface area contributed by atoms with E-state index < -0.39 is 0 Å². The van der Waals surface area contributed by atoms with Gasteiger partial charge in [-0.05, 0) is 44.4 Å². The average Bonchev–Trinajstić information content (AvgIpc) is 2.92. The molecule has 82 valence electrons. The molecule has 0 saturated heterocycles. The van der Waals surface area contributed by atoms with Gasteiger partial charge >= 0.3 is 0 Å². The van der Waals surface area contributed by atoms with Crippen molar-refractivity contribution in [3.05, 3.63) is 0 Å². The van der Waals surface area contributed by atoms with Crippen LogP contribution >= 0.6 is 0 Å². The summed E-state index contributed by atoms with van der Waals surface area (Å²) in [5.41, 5.74) is 0.609. The van der Waals surface area contributed by atoms with Gasteiger partial charge in [-0.25, -0.2) is 0 Å². The summed E-state index contributed by atoms with van der Waals surface area (Å²) >= 11 is 0. The quantitative estimate of drug-likeness (QED) is 0.632. The lowest BCUT2D eigenvalue weighted by Crippen LogP contribution is -2.41. The molecule has 0 amide bonds. The van der Waals surface area contributed by atoms with Gasteiger partial charge < -0.3 is 10.1 Å². The Morgan fingerprint density at radius 2 is 2.14 bits per heavy atom. The molecular formula is C12H23NO. The van der Waals surface area contributed by atoms with Gasteiger partial charge in [0.15, 0.2) is 0 Å². The van der Waals surface area contributed by atoms with Crippen molar-refractivity contribution in [2.45, 2.75) is 51.5 Å². The molecule has 2 heteroatoms. The highest BCUT2D eigenvalue weighted by atomic mass is 16.5. The van der Waals surface area contributed by atoms with E-state index in [4.69, 9.17) is 4.74 Å². The van der Waals surface area contributed by atoms with Crippen LogP contribution in [0.4, 0.5) is 0 Å². The molecule has 0 aliphatic heterocycles. The van der Waals surface area contributed by atoms with E-state index in [0.717, 1.165) is 19.3 Å². The Kier molecular flexibility index (Phi) is 3.45. The largest absolute Gasteiger partial charge is 0.382 e. The fourth-order valence-electron chi connectivity index (χ4n) is 2.27. The highest BCUT2D eigenvalue weighted by molar-refractivity contribution is 4.92. The fourth-order valence-corrected chi connectivity index (χ4v) is 2.27. The number of ether oxygens (including phenoxy) is 1. The Morgan fingerprint density at radius 3 is 2.64 bits per heavy atom. The molecule has 0 aromatic rings. The first-order chi connectivity index (χ1) is 6.85. The van der Waals surface area contributed by atoms with E-state index in [2.05, 4.69) is 12.2 Å². The van der Waals surface area contributed by atoms with Gasteiger partial charge in [0.2, 0.25) is 0 Å². The smallest absolute Gasteiger partial charge is 0.0471 e. The van der Waals surface area contributed by atoms with Gasteiger partial charge in [-0.3, -0.25) is 0 Å². The lowest BCUT2D eigenvalue weighted by Gasteiger charge is -2.42. The van der Waals surface area contributed by atoms with Crippen molar-refractivity contribution in [3.8, 4) is 0 Å². The summed E-state index contributed by atoms with van der Waals surface area (Å²) in [5, 5.41) is 3.67. The first-order valence-electron chi connectivity index (χ1n) is 6.16. The molecule has 0 unspecified atom stereocenters. The molecule has 2 aliphatic carbocycles. The number of rotatable bonds is 7. The molecule has 14 heavy (non-hydrogen) atoms. The van der Waals surface area contributed by atoms with Gasteiger partial charge in [-0.2, -0.15) is 0 Å². The molecule has 0 spiro atoms. The topological polar surface area (TPSA) is 21.3 Å². The zero-order chi connectivity index (χ0) is 9.86. The van der Waals surface area contributed by atoms with Crippen LogP contribution in [0.2, 0.25) is 0 Å². The maximum atomic E-state index is 5.46. The highest BCUT2D eigenvalue weighted by Gasteiger charge is 2.37.